The van der Waals surface area contributed by atoms with Gasteiger partial charge in [-0.15, -0.1) is 0 Å². The standard InChI is InChI=1S/2C2H4NO2.Ca/c2*4-2-1-3-5;/h2*3,5H,1H2;/q2*-1;+2. The van der Waals surface area contributed by atoms with E-state index < -0.39 is 0 Å². The molecule has 0 aromatic heterocycles. The van der Waals surface area contributed by atoms with Crippen LogP contribution in [0.25, 0.3) is 0 Å². The van der Waals surface area contributed by atoms with Crippen LogP contribution in [-0.2, 0) is 9.59 Å². The monoisotopic (exact) mass is 188 g/mol. The molecular formula is C4H8CaN2O4. The van der Waals surface area contributed by atoms with Gasteiger partial charge in [-0.3, -0.25) is 0 Å². The Morgan fingerprint density at radius 1 is 1.00 bits per heavy atom. The summed E-state index contributed by atoms with van der Waals surface area (Å²) in [4.78, 5) is 18.1. The molecule has 0 fully saturated rings. The van der Waals surface area contributed by atoms with Gasteiger partial charge in [0.15, 0.2) is 0 Å². The van der Waals surface area contributed by atoms with Crippen molar-refractivity contribution >= 4 is 50.3 Å². The average molecular weight is 188 g/mol. The average Bonchev–Trinajstić information content (AvgIpc) is 1.93. The van der Waals surface area contributed by atoms with E-state index >= 15 is 0 Å². The van der Waals surface area contributed by atoms with Crippen molar-refractivity contribution in [2.75, 3.05) is 13.1 Å². The molecule has 0 aromatic rings. The predicted molar refractivity (Wildman–Crippen MR) is 36.7 cm³/mol. The van der Waals surface area contributed by atoms with E-state index in [4.69, 9.17) is 20.0 Å². The summed E-state index contributed by atoms with van der Waals surface area (Å²) < 4.78 is 0. The fourth-order valence-electron chi connectivity index (χ4n) is 0.0645. The van der Waals surface area contributed by atoms with Crippen LogP contribution in [0.3, 0.4) is 0 Å². The summed E-state index contributed by atoms with van der Waals surface area (Å²) >= 11 is 0. The number of rotatable bonds is 4. The van der Waals surface area contributed by atoms with Crippen LogP contribution < -0.4 is 11.0 Å². The van der Waals surface area contributed by atoms with E-state index in [2.05, 4.69) is 0 Å². The van der Waals surface area contributed by atoms with E-state index in [1.165, 1.54) is 12.6 Å². The number of hydrogen-bond acceptors (Lipinski definition) is 6. The van der Waals surface area contributed by atoms with Gasteiger partial charge >= 0.3 is 37.7 Å². The summed E-state index contributed by atoms with van der Waals surface area (Å²) in [5.74, 6) is 0. The number of hydroxylamine groups is 2. The second-order valence-electron chi connectivity index (χ2n) is 0.958. The molecule has 0 aliphatic rings. The molecule has 11 heavy (non-hydrogen) atoms. The van der Waals surface area contributed by atoms with Crippen LogP contribution in [0, 0.1) is 0 Å². The van der Waals surface area contributed by atoms with E-state index in [-0.39, 0.29) is 50.8 Å². The summed E-state index contributed by atoms with van der Waals surface area (Å²) in [5, 5.41) is 15.1. The van der Waals surface area contributed by atoms with Crippen molar-refractivity contribution in [2.24, 2.45) is 0 Å². The van der Waals surface area contributed by atoms with Gasteiger partial charge < -0.3 is 20.0 Å². The quantitative estimate of drug-likeness (QED) is 0.226. The number of carbonyl (C=O) groups excluding carboxylic acids is 2. The van der Waals surface area contributed by atoms with Gasteiger partial charge in [-0.1, -0.05) is 13.1 Å². The maximum Gasteiger partial charge on any atom is 2.00 e. The summed E-state index contributed by atoms with van der Waals surface area (Å²) in [6.45, 7) is -0.222. The van der Waals surface area contributed by atoms with Crippen molar-refractivity contribution in [3.63, 3.8) is 0 Å². The van der Waals surface area contributed by atoms with Gasteiger partial charge in [-0.05, 0) is 0 Å². The van der Waals surface area contributed by atoms with Gasteiger partial charge in [-0.25, -0.2) is 23.5 Å². The molecule has 0 radical (unpaired) electrons. The van der Waals surface area contributed by atoms with Crippen LogP contribution in [0.5, 0.6) is 0 Å². The van der Waals surface area contributed by atoms with Crippen molar-refractivity contribution in [3.05, 3.63) is 0 Å². The minimum Gasteiger partial charge on any atom is -0.541 e. The van der Waals surface area contributed by atoms with Crippen molar-refractivity contribution in [1.82, 2.24) is 11.0 Å². The molecule has 0 aromatic carbocycles. The van der Waals surface area contributed by atoms with E-state index in [0.717, 1.165) is 0 Å². The zero-order valence-corrected chi connectivity index (χ0v) is 8.04. The molecule has 0 spiro atoms. The third-order valence-electron chi connectivity index (χ3n) is 0.302. The summed E-state index contributed by atoms with van der Waals surface area (Å²) in [5.41, 5.74) is 3.19. The van der Waals surface area contributed by atoms with Gasteiger partial charge in [-0.2, -0.15) is 0 Å². The molecule has 0 rings (SSSR count). The maximum absolute atomic E-state index is 9.06. The Labute approximate surface area is 93.9 Å². The fourth-order valence-corrected chi connectivity index (χ4v) is 0.0645. The minimum atomic E-state index is -0.111. The molecule has 0 unspecified atom stereocenters. The minimum absolute atomic E-state index is 0. The number of nitrogens with one attached hydrogen (secondary N) is 2. The van der Waals surface area contributed by atoms with Crippen molar-refractivity contribution in [1.29, 1.82) is 0 Å². The molecule has 0 amide bonds. The topological polar surface area (TPSA) is 98.7 Å². The first kappa shape index (κ1) is 17.5. The zero-order chi connectivity index (χ0) is 8.24. The molecule has 6 nitrogen and oxygen atoms in total. The van der Waals surface area contributed by atoms with Gasteiger partial charge in [0.05, 0.1) is 0 Å². The van der Waals surface area contributed by atoms with E-state index in [1.54, 1.807) is 11.0 Å². The van der Waals surface area contributed by atoms with Crippen molar-refractivity contribution in [3.8, 4) is 0 Å². The molecule has 0 saturated carbocycles. The van der Waals surface area contributed by atoms with Gasteiger partial charge in [0.2, 0.25) is 0 Å². The fraction of sp³-hybridized carbons (Fsp3) is 0.500. The first-order chi connectivity index (χ1) is 4.83. The van der Waals surface area contributed by atoms with E-state index in [0.29, 0.717) is 0 Å². The van der Waals surface area contributed by atoms with Crippen LogP contribution in [0.4, 0.5) is 0 Å². The second-order valence-corrected chi connectivity index (χ2v) is 0.958. The molecule has 0 heterocycles. The zero-order valence-electron chi connectivity index (χ0n) is 5.83. The molecule has 0 atom stereocenters. The molecule has 4 N–H and O–H groups in total. The molecule has 7 heteroatoms. The Balaban J connectivity index is -0.000000107. The third-order valence-corrected chi connectivity index (χ3v) is 0.302. The smallest absolute Gasteiger partial charge is 0.541 e. The van der Waals surface area contributed by atoms with Gasteiger partial charge in [0, 0.05) is 0 Å². The van der Waals surface area contributed by atoms with Crippen LogP contribution in [0.15, 0.2) is 0 Å². The first-order valence-electron chi connectivity index (χ1n) is 2.27. The molecule has 0 saturated heterocycles. The van der Waals surface area contributed by atoms with Crippen molar-refractivity contribution < 1.29 is 20.0 Å². The maximum atomic E-state index is 9.06. The van der Waals surface area contributed by atoms with Crippen LogP contribution in [-0.4, -0.2) is 73.8 Å². The molecule has 0 aliphatic heterocycles. The largest absolute Gasteiger partial charge is 2.00 e. The third kappa shape index (κ3) is 37.7. The first-order valence-corrected chi connectivity index (χ1v) is 2.27. The molecular weight excluding hydrogens is 180 g/mol. The summed E-state index contributed by atoms with van der Waals surface area (Å²) in [7, 11) is 0. The Kier molecular flexibility index (Phi) is 35.7. The molecule has 0 aliphatic carbocycles. The summed E-state index contributed by atoms with van der Waals surface area (Å²) in [6.07, 6.45) is 2.81. The molecule has 0 bridgehead atoms. The SMILES string of the molecule is O=[C-]CNO.O=[C-]CNO.[Ca+2]. The van der Waals surface area contributed by atoms with Crippen molar-refractivity contribution in [2.45, 2.75) is 0 Å². The molecule has 60 valence electrons. The van der Waals surface area contributed by atoms with Gasteiger partial charge in [0.1, 0.15) is 0 Å². The van der Waals surface area contributed by atoms with Gasteiger partial charge in [0.25, 0.3) is 0 Å². The summed E-state index contributed by atoms with van der Waals surface area (Å²) in [6, 6.07) is 0. The Morgan fingerprint density at radius 2 is 1.27 bits per heavy atom. The normalized spacial score (nSPS) is 6.73. The van der Waals surface area contributed by atoms with Crippen LogP contribution in [0.1, 0.15) is 0 Å². The van der Waals surface area contributed by atoms with E-state index in [9.17, 15) is 0 Å². The predicted octanol–water partition coefficient (Wildman–Crippen LogP) is -2.23. The Hall–Kier alpha value is 0.440. The Bertz CT molecular complexity index is 72.5. The van der Waals surface area contributed by atoms with E-state index in [1.807, 2.05) is 0 Å². The van der Waals surface area contributed by atoms with Crippen LogP contribution in [0.2, 0.25) is 0 Å². The second kappa shape index (κ2) is 22.4. The van der Waals surface area contributed by atoms with Crippen LogP contribution >= 0.6 is 0 Å². The number of hydrogen-bond donors (Lipinski definition) is 4. The Morgan fingerprint density at radius 3 is 1.27 bits per heavy atom.